The SMILES string of the molecule is CCOC(=O)C1(Sc2ccnc3ccc(CC(=O)C4CC4)cc23)CCC1.Nc1ccc2nccc(Cl)c2c1.O=C(Cc1ccc2nccc(Cl)c2c1)C1CC1.O=C(Cc1ccc2nccc(SC3(C(=O)O)CCC3)c2c1)C1CC1.O=C(Cc1ccc2nccc(SC3(C(=O)O)CCC3)c2c1)C1CC1. The molecule has 0 unspecified atom stereocenters. The first-order valence-electron chi connectivity index (χ1n) is 35.5. The summed E-state index contributed by atoms with van der Waals surface area (Å²) >= 11 is 16.5. The Morgan fingerprint density at radius 3 is 0.981 bits per heavy atom. The molecule has 7 saturated carbocycles. The topological polar surface area (TPSA) is 260 Å². The second-order valence-corrected chi connectivity index (χ2v) is 33.1. The largest absolute Gasteiger partial charge is 0.480 e. The number of Topliss-reactive ketones (excluding diaryl/α,β-unsaturated/α-hetero) is 4. The number of benzene rings is 5. The number of carboxylic acids is 2. The van der Waals surface area contributed by atoms with Gasteiger partial charge in [0.05, 0.1) is 44.2 Å². The number of nitrogen functional groups attached to an aromatic ring is 1. The van der Waals surface area contributed by atoms with Gasteiger partial charge in [-0.2, -0.15) is 0 Å². The average molecular weight is 1480 g/mol. The third-order valence-corrected chi connectivity index (χ3v) is 25.5. The van der Waals surface area contributed by atoms with E-state index in [2.05, 4.69) is 31.0 Å². The molecule has 0 spiro atoms. The number of anilines is 1. The lowest BCUT2D eigenvalue weighted by Crippen LogP contribution is -2.43. The van der Waals surface area contributed by atoms with E-state index in [0.717, 1.165) is 175 Å². The van der Waals surface area contributed by atoms with Crippen LogP contribution in [-0.4, -0.2) is 97.0 Å². The van der Waals surface area contributed by atoms with Gasteiger partial charge in [-0.05, 0) is 235 Å². The maximum atomic E-state index is 12.5. The van der Waals surface area contributed by atoms with E-state index < -0.39 is 26.2 Å². The minimum absolute atomic E-state index is 0.110. The highest BCUT2D eigenvalue weighted by Crippen LogP contribution is 2.52. The summed E-state index contributed by atoms with van der Waals surface area (Å²) in [6.07, 6.45) is 26.3. The Balaban J connectivity index is 0.000000117. The van der Waals surface area contributed by atoms with Gasteiger partial charge in [0.15, 0.2) is 0 Å². The van der Waals surface area contributed by atoms with Crippen LogP contribution in [0.1, 0.15) is 138 Å². The predicted octanol–water partition coefficient (Wildman–Crippen LogP) is 17.9. The Morgan fingerprint density at radius 2 is 0.689 bits per heavy atom. The summed E-state index contributed by atoms with van der Waals surface area (Å²) in [7, 11) is 0. The number of carbonyl (C=O) groups is 7. The van der Waals surface area contributed by atoms with E-state index in [1.807, 2.05) is 110 Å². The fourth-order valence-electron chi connectivity index (χ4n) is 13.0. The van der Waals surface area contributed by atoms with E-state index >= 15 is 0 Å². The summed E-state index contributed by atoms with van der Waals surface area (Å²) in [6, 6.07) is 38.5. The molecule has 0 aliphatic heterocycles. The van der Waals surface area contributed by atoms with Crippen molar-refractivity contribution >= 4 is 160 Å². The van der Waals surface area contributed by atoms with Gasteiger partial charge in [-0.1, -0.05) is 47.5 Å². The number of aliphatic carboxylic acids is 2. The molecule has 0 amide bonds. The number of thioether (sulfide) groups is 3. The van der Waals surface area contributed by atoms with Crippen LogP contribution in [-0.2, 0) is 64.0 Å². The van der Waals surface area contributed by atoms with Crippen LogP contribution in [0.2, 0.25) is 10.0 Å². The minimum atomic E-state index is -0.733. The molecule has 0 saturated heterocycles. The van der Waals surface area contributed by atoms with Gasteiger partial charge in [-0.3, -0.25) is 58.5 Å². The smallest absolute Gasteiger partial charge is 0.322 e. The molecule has 5 aromatic carbocycles. The van der Waals surface area contributed by atoms with E-state index in [0.29, 0.717) is 103 Å². The van der Waals surface area contributed by atoms with Crippen LogP contribution in [0.4, 0.5) is 5.69 Å². The van der Waals surface area contributed by atoms with Crippen molar-refractivity contribution in [1.82, 2.24) is 24.9 Å². The van der Waals surface area contributed by atoms with Crippen LogP contribution in [0.5, 0.6) is 0 Å². The number of hydrogen-bond acceptors (Lipinski definition) is 17. The van der Waals surface area contributed by atoms with E-state index in [1.165, 1.54) is 23.5 Å². The molecule has 5 aromatic heterocycles. The highest BCUT2D eigenvalue weighted by Gasteiger charge is 2.48. The van der Waals surface area contributed by atoms with Gasteiger partial charge in [0.1, 0.15) is 37.4 Å². The molecule has 16 nitrogen and oxygen atoms in total. The number of halogens is 2. The van der Waals surface area contributed by atoms with E-state index in [1.54, 1.807) is 54.9 Å². The molecule has 7 fully saturated rings. The molecule has 0 radical (unpaired) electrons. The fraction of sp³-hybridized carbons (Fsp3) is 0.366. The van der Waals surface area contributed by atoms with Crippen molar-refractivity contribution < 1.29 is 48.5 Å². The van der Waals surface area contributed by atoms with Crippen molar-refractivity contribution in [1.29, 1.82) is 0 Å². The second kappa shape index (κ2) is 32.0. The van der Waals surface area contributed by atoms with Crippen LogP contribution < -0.4 is 5.73 Å². The van der Waals surface area contributed by atoms with Crippen molar-refractivity contribution in [2.24, 2.45) is 23.7 Å². The van der Waals surface area contributed by atoms with Crippen molar-refractivity contribution in [2.45, 2.75) is 171 Å². The first-order valence-corrected chi connectivity index (χ1v) is 38.8. The van der Waals surface area contributed by atoms with Gasteiger partial charge < -0.3 is 20.7 Å². The predicted molar refractivity (Wildman–Crippen MR) is 408 cm³/mol. The molecule has 0 bridgehead atoms. The molecule has 21 heteroatoms. The molecule has 5 heterocycles. The van der Waals surface area contributed by atoms with Gasteiger partial charge in [-0.25, -0.2) is 0 Å². The third-order valence-electron chi connectivity index (χ3n) is 20.2. The number of ketones is 4. The Kier molecular flexibility index (Phi) is 22.6. The molecule has 7 aliphatic carbocycles. The highest BCUT2D eigenvalue weighted by atomic mass is 35.5. The van der Waals surface area contributed by atoms with Crippen molar-refractivity contribution in [3.8, 4) is 0 Å². The molecule has 0 atom stereocenters. The molecule has 10 aromatic rings. The summed E-state index contributed by atoms with van der Waals surface area (Å²) in [5.41, 5.74) is 14.7. The molecule has 530 valence electrons. The van der Waals surface area contributed by atoms with Crippen LogP contribution in [0, 0.1) is 23.7 Å². The Hall–Kier alpha value is -8.33. The minimum Gasteiger partial charge on any atom is -0.480 e. The number of rotatable bonds is 22. The molecule has 4 N–H and O–H groups in total. The van der Waals surface area contributed by atoms with E-state index in [4.69, 9.17) is 33.7 Å². The van der Waals surface area contributed by atoms with Gasteiger partial charge in [0.2, 0.25) is 0 Å². The monoisotopic (exact) mass is 1470 g/mol. The van der Waals surface area contributed by atoms with Gasteiger partial charge in [0, 0.05) is 128 Å². The second-order valence-electron chi connectivity index (χ2n) is 28.0. The number of carbonyl (C=O) groups excluding carboxylic acids is 5. The van der Waals surface area contributed by atoms with Gasteiger partial charge in [-0.15, -0.1) is 35.3 Å². The number of nitrogens with zero attached hydrogens (tertiary/aromatic N) is 5. The van der Waals surface area contributed by atoms with Crippen molar-refractivity contribution in [3.63, 3.8) is 0 Å². The van der Waals surface area contributed by atoms with Crippen LogP contribution >= 0.6 is 58.5 Å². The number of nitrogens with two attached hydrogens (primary N) is 1. The molecular formula is C82H80Cl2N6O10S3. The van der Waals surface area contributed by atoms with Crippen LogP contribution in [0.3, 0.4) is 0 Å². The highest BCUT2D eigenvalue weighted by molar-refractivity contribution is 8.02. The summed E-state index contributed by atoms with van der Waals surface area (Å²) < 4.78 is 3.45. The van der Waals surface area contributed by atoms with E-state index in [9.17, 15) is 43.8 Å². The summed E-state index contributed by atoms with van der Waals surface area (Å²) in [6.45, 7) is 2.26. The lowest BCUT2D eigenvalue weighted by Gasteiger charge is -2.38. The van der Waals surface area contributed by atoms with E-state index in [-0.39, 0.29) is 23.7 Å². The number of esters is 1. The summed E-state index contributed by atoms with van der Waals surface area (Å²) in [5.74, 6) is 0.845. The number of fused-ring (bicyclic) bond motifs is 5. The summed E-state index contributed by atoms with van der Waals surface area (Å²) in [4.78, 5) is 108. The first kappa shape index (κ1) is 73.0. The van der Waals surface area contributed by atoms with Crippen molar-refractivity contribution in [3.05, 3.63) is 185 Å². The zero-order valence-corrected chi connectivity index (χ0v) is 61.2. The maximum absolute atomic E-state index is 12.5. The Morgan fingerprint density at radius 1 is 0.408 bits per heavy atom. The first-order chi connectivity index (χ1) is 49.8. The third kappa shape index (κ3) is 17.7. The lowest BCUT2D eigenvalue weighted by molar-refractivity contribution is -0.148. The quantitative estimate of drug-likeness (QED) is 0.0421. The standard InChI is InChI=1S/C21H23NO3S.2C19H19NO3S.C14H12ClNO.C9H7ClN2/c1-2-25-20(24)21(9-3-10-21)26-19-8-11-22-17-7-4-14(12-16(17)19)13-18(23)15-5-6-15;2*21-16(13-3-4-13)11-12-2-5-15-14(10-12)17(6-9-20-15)24-19(18(22)23)7-1-8-19;15-12-5-6-16-13-4-1-9(7-11(12)13)8-14(17)10-2-3-10;10-8-3-4-12-9-2-1-6(11)5-7(8)9/h4,7-8,11-12,15H,2-3,5-6,9-10,13H2,1H3;2*2,5-6,9-10,13H,1,3-4,7-8,11H2,(H,22,23);1,4-7,10H,2-3,8H2;1-5H,11H2. The maximum Gasteiger partial charge on any atom is 0.322 e. The Labute approximate surface area is 620 Å². The zero-order chi connectivity index (χ0) is 72.0. The fourth-order valence-corrected chi connectivity index (χ4v) is 17.6. The van der Waals surface area contributed by atoms with Crippen LogP contribution in [0.25, 0.3) is 54.5 Å². The number of carboxylic acid groups (broad SMARTS) is 2. The Bertz CT molecular complexity index is 4790. The normalized spacial score (nSPS) is 17.2. The zero-order valence-electron chi connectivity index (χ0n) is 57.3. The average Bonchev–Trinajstić information content (AvgIpc) is 1.23. The van der Waals surface area contributed by atoms with Crippen molar-refractivity contribution in [2.75, 3.05) is 12.3 Å². The van der Waals surface area contributed by atoms with Gasteiger partial charge in [0.25, 0.3) is 0 Å². The lowest BCUT2D eigenvalue weighted by atomic mass is 9.84. The molecule has 7 aliphatic rings. The number of ether oxygens (including phenoxy) is 1. The molecule has 17 rings (SSSR count). The van der Waals surface area contributed by atoms with Crippen LogP contribution in [0.15, 0.2) is 167 Å². The number of pyridine rings is 5. The molecule has 103 heavy (non-hydrogen) atoms. The number of hydrogen-bond donors (Lipinski definition) is 3. The molecular weight excluding hydrogens is 1400 g/mol. The number of aromatic nitrogens is 5. The summed E-state index contributed by atoms with van der Waals surface area (Å²) in [5, 5.41) is 25.3. The van der Waals surface area contributed by atoms with Gasteiger partial charge >= 0.3 is 17.9 Å².